The normalized spacial score (nSPS) is 28.1. The van der Waals surface area contributed by atoms with Gasteiger partial charge in [-0.3, -0.25) is 4.79 Å². The molecule has 2 saturated carbocycles. The van der Waals surface area contributed by atoms with Crippen LogP contribution in [0.15, 0.2) is 18.2 Å². The third-order valence-electron chi connectivity index (χ3n) is 5.50. The van der Waals surface area contributed by atoms with Crippen molar-refractivity contribution in [2.24, 2.45) is 23.5 Å². The summed E-state index contributed by atoms with van der Waals surface area (Å²) >= 11 is 0. The van der Waals surface area contributed by atoms with Gasteiger partial charge in [-0.25, -0.2) is 0 Å². The van der Waals surface area contributed by atoms with Crippen LogP contribution in [0.2, 0.25) is 0 Å². The number of carbonyl (C=O) groups excluding carboxylic acids is 1. The second kappa shape index (κ2) is 7.53. The summed E-state index contributed by atoms with van der Waals surface area (Å²) in [6, 6.07) is 6.08. The molecule has 5 nitrogen and oxygen atoms in total. The monoisotopic (exact) mass is 332 g/mol. The molecule has 0 radical (unpaired) electrons. The van der Waals surface area contributed by atoms with Crippen LogP contribution >= 0.6 is 0 Å². The van der Waals surface area contributed by atoms with Crippen molar-refractivity contribution in [2.45, 2.75) is 38.8 Å². The largest absolute Gasteiger partial charge is 0.491 e. The lowest BCUT2D eigenvalue weighted by molar-refractivity contribution is -0.127. The van der Waals surface area contributed by atoms with Crippen LogP contribution in [0.3, 0.4) is 0 Å². The Balaban J connectivity index is 1.60. The van der Waals surface area contributed by atoms with Gasteiger partial charge in [-0.15, -0.1) is 0 Å². The van der Waals surface area contributed by atoms with Gasteiger partial charge in [-0.1, -0.05) is 12.1 Å². The highest BCUT2D eigenvalue weighted by Gasteiger charge is 2.48. The van der Waals surface area contributed by atoms with E-state index in [4.69, 9.17) is 15.2 Å². The number of hydrogen-bond donors (Lipinski definition) is 2. The average molecular weight is 332 g/mol. The van der Waals surface area contributed by atoms with Gasteiger partial charge in [0.25, 0.3) is 0 Å². The molecule has 2 bridgehead atoms. The highest BCUT2D eigenvalue weighted by molar-refractivity contribution is 5.80. The lowest BCUT2D eigenvalue weighted by atomic mass is 9.84. The summed E-state index contributed by atoms with van der Waals surface area (Å²) in [5.41, 5.74) is 8.39. The first-order chi connectivity index (χ1) is 11.6. The fraction of sp³-hybridized carbons (Fsp3) is 0.632. The van der Waals surface area contributed by atoms with Crippen molar-refractivity contribution < 1.29 is 14.3 Å². The Morgan fingerprint density at radius 1 is 1.29 bits per heavy atom. The van der Waals surface area contributed by atoms with Gasteiger partial charge in [0.2, 0.25) is 5.91 Å². The predicted octanol–water partition coefficient (Wildman–Crippen LogP) is 2.01. The topological polar surface area (TPSA) is 73.6 Å². The Morgan fingerprint density at radius 2 is 2.08 bits per heavy atom. The van der Waals surface area contributed by atoms with Crippen molar-refractivity contribution in [3.8, 4) is 5.75 Å². The number of methoxy groups -OCH3 is 1. The van der Waals surface area contributed by atoms with E-state index >= 15 is 0 Å². The zero-order chi connectivity index (χ0) is 17.1. The van der Waals surface area contributed by atoms with E-state index in [0.717, 1.165) is 29.7 Å². The smallest absolute Gasteiger partial charge is 0.225 e. The molecule has 0 heterocycles. The van der Waals surface area contributed by atoms with Gasteiger partial charge in [-0.05, 0) is 49.7 Å². The molecule has 5 heteroatoms. The van der Waals surface area contributed by atoms with Crippen LogP contribution in [-0.2, 0) is 16.1 Å². The van der Waals surface area contributed by atoms with Gasteiger partial charge in [-0.2, -0.15) is 0 Å². The van der Waals surface area contributed by atoms with Crippen LogP contribution in [-0.4, -0.2) is 32.3 Å². The summed E-state index contributed by atoms with van der Waals surface area (Å²) < 4.78 is 10.8. The molecule has 3 N–H and O–H groups in total. The molecule has 2 aliphatic carbocycles. The summed E-state index contributed by atoms with van der Waals surface area (Å²) in [5, 5.41) is 3.08. The molecule has 4 unspecified atom stereocenters. The van der Waals surface area contributed by atoms with Crippen molar-refractivity contribution in [2.75, 3.05) is 20.3 Å². The number of carbonyl (C=O) groups is 1. The molecular formula is C19H28N2O3. The molecule has 2 aliphatic rings. The van der Waals surface area contributed by atoms with Crippen molar-refractivity contribution in [3.63, 3.8) is 0 Å². The molecular weight excluding hydrogens is 304 g/mol. The van der Waals surface area contributed by atoms with Gasteiger partial charge < -0.3 is 20.5 Å². The van der Waals surface area contributed by atoms with Gasteiger partial charge in [0.1, 0.15) is 12.4 Å². The molecule has 2 fully saturated rings. The van der Waals surface area contributed by atoms with Crippen molar-refractivity contribution in [1.29, 1.82) is 0 Å². The Kier molecular flexibility index (Phi) is 5.41. The van der Waals surface area contributed by atoms with Gasteiger partial charge in [0.05, 0.1) is 12.5 Å². The number of ether oxygens (including phenoxy) is 2. The molecule has 1 amide bonds. The zero-order valence-corrected chi connectivity index (χ0v) is 14.6. The first-order valence-electron chi connectivity index (χ1n) is 8.84. The van der Waals surface area contributed by atoms with E-state index in [0.29, 0.717) is 31.6 Å². The number of hydrogen-bond acceptors (Lipinski definition) is 4. The maximum atomic E-state index is 12.6. The number of rotatable bonds is 7. The second-order valence-electron chi connectivity index (χ2n) is 7.11. The maximum absolute atomic E-state index is 12.6. The summed E-state index contributed by atoms with van der Waals surface area (Å²) in [5.74, 6) is 1.90. The minimum atomic E-state index is -0.0212. The Bertz CT molecular complexity index is 588. The predicted molar refractivity (Wildman–Crippen MR) is 92.7 cm³/mol. The van der Waals surface area contributed by atoms with Gasteiger partial charge >= 0.3 is 0 Å². The van der Waals surface area contributed by atoms with E-state index in [-0.39, 0.29) is 17.9 Å². The first kappa shape index (κ1) is 17.2. The average Bonchev–Trinajstić information content (AvgIpc) is 3.15. The van der Waals surface area contributed by atoms with Crippen LogP contribution in [0.1, 0.15) is 30.4 Å². The number of fused-ring (bicyclic) bond motifs is 2. The SMILES string of the molecule is COCCOc1cc(C)ccc1CNC(=O)C1C2CCC(C2)C1N. The Morgan fingerprint density at radius 3 is 2.79 bits per heavy atom. The molecule has 0 saturated heterocycles. The van der Waals surface area contributed by atoms with Crippen molar-refractivity contribution in [1.82, 2.24) is 5.32 Å². The summed E-state index contributed by atoms with van der Waals surface area (Å²) in [6.07, 6.45) is 3.45. The van der Waals surface area contributed by atoms with Crippen LogP contribution in [0.5, 0.6) is 5.75 Å². The second-order valence-corrected chi connectivity index (χ2v) is 7.11. The molecule has 24 heavy (non-hydrogen) atoms. The van der Waals surface area contributed by atoms with Crippen molar-refractivity contribution in [3.05, 3.63) is 29.3 Å². The van der Waals surface area contributed by atoms with E-state index in [2.05, 4.69) is 5.32 Å². The number of nitrogens with two attached hydrogens (primary N) is 1. The quantitative estimate of drug-likeness (QED) is 0.749. The highest BCUT2D eigenvalue weighted by Crippen LogP contribution is 2.47. The van der Waals surface area contributed by atoms with E-state index < -0.39 is 0 Å². The standard InChI is InChI=1S/C19H28N2O3/c1-12-3-4-15(16(9-12)24-8-7-23-2)11-21-19(22)17-13-5-6-14(10-13)18(17)20/h3-4,9,13-14,17-18H,5-8,10-11,20H2,1-2H3,(H,21,22). The molecule has 1 aromatic carbocycles. The lowest BCUT2D eigenvalue weighted by Gasteiger charge is -2.27. The minimum absolute atomic E-state index is 0.0212. The Labute approximate surface area is 143 Å². The Hall–Kier alpha value is -1.59. The fourth-order valence-electron chi connectivity index (χ4n) is 4.20. The molecule has 0 aromatic heterocycles. The zero-order valence-electron chi connectivity index (χ0n) is 14.6. The van der Waals surface area contributed by atoms with Crippen LogP contribution in [0.25, 0.3) is 0 Å². The lowest BCUT2D eigenvalue weighted by Crippen LogP contribution is -2.45. The van der Waals surface area contributed by atoms with E-state index in [1.165, 1.54) is 6.42 Å². The van der Waals surface area contributed by atoms with Gasteiger partial charge in [0, 0.05) is 25.3 Å². The van der Waals surface area contributed by atoms with E-state index in [1.54, 1.807) is 7.11 Å². The summed E-state index contributed by atoms with van der Waals surface area (Å²) in [4.78, 5) is 12.6. The third kappa shape index (κ3) is 3.57. The number of amides is 1. The van der Waals surface area contributed by atoms with Crippen LogP contribution < -0.4 is 15.8 Å². The summed E-state index contributed by atoms with van der Waals surface area (Å²) in [7, 11) is 1.65. The van der Waals surface area contributed by atoms with E-state index in [1.807, 2.05) is 25.1 Å². The minimum Gasteiger partial charge on any atom is -0.491 e. The first-order valence-corrected chi connectivity index (χ1v) is 8.84. The molecule has 0 aliphatic heterocycles. The molecule has 132 valence electrons. The molecule has 1 aromatic rings. The van der Waals surface area contributed by atoms with Crippen LogP contribution in [0.4, 0.5) is 0 Å². The van der Waals surface area contributed by atoms with Crippen LogP contribution in [0, 0.1) is 24.7 Å². The fourth-order valence-corrected chi connectivity index (χ4v) is 4.20. The number of aryl methyl sites for hydroxylation is 1. The summed E-state index contributed by atoms with van der Waals surface area (Å²) in [6.45, 7) is 3.54. The third-order valence-corrected chi connectivity index (χ3v) is 5.50. The van der Waals surface area contributed by atoms with E-state index in [9.17, 15) is 4.79 Å². The number of benzene rings is 1. The van der Waals surface area contributed by atoms with Gasteiger partial charge in [0.15, 0.2) is 0 Å². The van der Waals surface area contributed by atoms with Crippen molar-refractivity contribution >= 4 is 5.91 Å². The maximum Gasteiger partial charge on any atom is 0.225 e. The number of nitrogens with one attached hydrogen (secondary N) is 1. The molecule has 0 spiro atoms. The molecule has 4 atom stereocenters. The molecule has 3 rings (SSSR count). The highest BCUT2D eigenvalue weighted by atomic mass is 16.5.